The standard InChI is InChI=1S/C14H12N2OS/c1-10-6-7-18-14(10)13(17)8-16-9-15-11-4-2-3-5-12(11)16/h2-7,9H,8H2,1H3. The van der Waals surface area contributed by atoms with Crippen LogP contribution in [0.5, 0.6) is 0 Å². The zero-order chi connectivity index (χ0) is 12.5. The van der Waals surface area contributed by atoms with Crippen molar-refractivity contribution in [1.29, 1.82) is 0 Å². The van der Waals surface area contributed by atoms with E-state index in [0.29, 0.717) is 6.54 Å². The Morgan fingerprint density at radius 1 is 1.33 bits per heavy atom. The highest BCUT2D eigenvalue weighted by Crippen LogP contribution is 2.18. The minimum Gasteiger partial charge on any atom is -0.323 e. The van der Waals surface area contributed by atoms with Crippen molar-refractivity contribution in [3.8, 4) is 0 Å². The summed E-state index contributed by atoms with van der Waals surface area (Å²) in [6.45, 7) is 2.32. The maximum absolute atomic E-state index is 12.2. The molecule has 90 valence electrons. The summed E-state index contributed by atoms with van der Waals surface area (Å²) in [6, 6.07) is 9.82. The predicted octanol–water partition coefficient (Wildman–Crippen LogP) is 3.29. The first-order valence-electron chi connectivity index (χ1n) is 5.73. The second-order valence-electron chi connectivity index (χ2n) is 4.22. The van der Waals surface area contributed by atoms with Crippen LogP contribution in [0, 0.1) is 6.92 Å². The van der Waals surface area contributed by atoms with Crippen molar-refractivity contribution in [1.82, 2.24) is 9.55 Å². The van der Waals surface area contributed by atoms with Gasteiger partial charge >= 0.3 is 0 Å². The molecule has 0 atom stereocenters. The van der Waals surface area contributed by atoms with Gasteiger partial charge in [0.1, 0.15) is 0 Å². The second-order valence-corrected chi connectivity index (χ2v) is 5.13. The van der Waals surface area contributed by atoms with E-state index in [-0.39, 0.29) is 5.78 Å². The average molecular weight is 256 g/mol. The van der Waals surface area contributed by atoms with Gasteiger partial charge in [-0.25, -0.2) is 4.98 Å². The van der Waals surface area contributed by atoms with Crippen LogP contribution in [0.4, 0.5) is 0 Å². The molecule has 0 aliphatic heterocycles. The average Bonchev–Trinajstić information content (AvgIpc) is 2.97. The Morgan fingerprint density at radius 2 is 2.17 bits per heavy atom. The monoisotopic (exact) mass is 256 g/mol. The van der Waals surface area contributed by atoms with Crippen LogP contribution in [0.15, 0.2) is 42.0 Å². The molecule has 0 spiro atoms. The van der Waals surface area contributed by atoms with E-state index < -0.39 is 0 Å². The molecule has 2 heterocycles. The summed E-state index contributed by atoms with van der Waals surface area (Å²) in [5.41, 5.74) is 2.97. The summed E-state index contributed by atoms with van der Waals surface area (Å²) < 4.78 is 1.90. The lowest BCUT2D eigenvalue weighted by Crippen LogP contribution is -2.09. The Bertz CT molecular complexity index is 711. The summed E-state index contributed by atoms with van der Waals surface area (Å²) in [4.78, 5) is 17.3. The number of carbonyl (C=O) groups excluding carboxylic acids is 1. The fourth-order valence-corrected chi connectivity index (χ4v) is 2.88. The summed E-state index contributed by atoms with van der Waals surface area (Å²) in [7, 11) is 0. The van der Waals surface area contributed by atoms with Crippen LogP contribution >= 0.6 is 11.3 Å². The number of aryl methyl sites for hydroxylation is 1. The van der Waals surface area contributed by atoms with Gasteiger partial charge in [0, 0.05) is 0 Å². The third kappa shape index (κ3) is 1.84. The molecule has 0 unspecified atom stereocenters. The second kappa shape index (κ2) is 4.38. The first-order valence-corrected chi connectivity index (χ1v) is 6.61. The van der Waals surface area contributed by atoms with Gasteiger partial charge in [0.25, 0.3) is 0 Å². The maximum Gasteiger partial charge on any atom is 0.192 e. The van der Waals surface area contributed by atoms with Gasteiger partial charge in [-0.15, -0.1) is 11.3 Å². The lowest BCUT2D eigenvalue weighted by molar-refractivity contribution is 0.0977. The first-order chi connectivity index (χ1) is 8.75. The van der Waals surface area contributed by atoms with Crippen molar-refractivity contribution in [3.63, 3.8) is 0 Å². The van der Waals surface area contributed by atoms with Crippen molar-refractivity contribution >= 4 is 28.2 Å². The van der Waals surface area contributed by atoms with E-state index in [4.69, 9.17) is 0 Å². The number of thiophene rings is 1. The Morgan fingerprint density at radius 3 is 2.94 bits per heavy atom. The third-order valence-corrected chi connectivity index (χ3v) is 4.01. The lowest BCUT2D eigenvalue weighted by atomic mass is 10.2. The molecule has 0 N–H and O–H groups in total. The zero-order valence-corrected chi connectivity index (χ0v) is 10.8. The SMILES string of the molecule is Cc1ccsc1C(=O)Cn1cnc2ccccc21. The molecule has 3 aromatic rings. The molecule has 3 rings (SSSR count). The van der Waals surface area contributed by atoms with Crippen LogP contribution in [-0.2, 0) is 6.54 Å². The van der Waals surface area contributed by atoms with Crippen molar-refractivity contribution in [2.75, 3.05) is 0 Å². The Balaban J connectivity index is 1.93. The molecule has 0 saturated carbocycles. The molecule has 0 aliphatic carbocycles. The molecule has 18 heavy (non-hydrogen) atoms. The van der Waals surface area contributed by atoms with Gasteiger partial charge in [-0.3, -0.25) is 4.79 Å². The molecule has 3 nitrogen and oxygen atoms in total. The van der Waals surface area contributed by atoms with Gasteiger partial charge in [-0.1, -0.05) is 12.1 Å². The van der Waals surface area contributed by atoms with E-state index in [1.807, 2.05) is 47.2 Å². The van der Waals surface area contributed by atoms with Crippen LogP contribution < -0.4 is 0 Å². The molecular weight excluding hydrogens is 244 g/mol. The molecule has 0 amide bonds. The molecule has 0 radical (unpaired) electrons. The van der Waals surface area contributed by atoms with E-state index >= 15 is 0 Å². The van der Waals surface area contributed by atoms with Crippen LogP contribution in [-0.4, -0.2) is 15.3 Å². The van der Waals surface area contributed by atoms with E-state index in [9.17, 15) is 4.79 Å². The van der Waals surface area contributed by atoms with Gasteiger partial charge in [-0.05, 0) is 36.1 Å². The molecule has 0 aliphatic rings. The molecule has 0 bridgehead atoms. The van der Waals surface area contributed by atoms with Crippen LogP contribution in [0.25, 0.3) is 11.0 Å². The van der Waals surface area contributed by atoms with Crippen molar-refractivity contribution < 1.29 is 4.79 Å². The van der Waals surface area contributed by atoms with E-state index in [0.717, 1.165) is 21.5 Å². The van der Waals surface area contributed by atoms with E-state index in [1.54, 1.807) is 6.33 Å². The van der Waals surface area contributed by atoms with Gasteiger partial charge in [-0.2, -0.15) is 0 Å². The van der Waals surface area contributed by atoms with Crippen molar-refractivity contribution in [2.45, 2.75) is 13.5 Å². The number of fused-ring (bicyclic) bond motifs is 1. The van der Waals surface area contributed by atoms with Gasteiger partial charge in [0.15, 0.2) is 5.78 Å². The Kier molecular flexibility index (Phi) is 2.72. The fraction of sp³-hybridized carbons (Fsp3) is 0.143. The topological polar surface area (TPSA) is 34.9 Å². The highest BCUT2D eigenvalue weighted by Gasteiger charge is 2.12. The summed E-state index contributed by atoms with van der Waals surface area (Å²) in [5, 5.41) is 1.95. The Labute approximate surface area is 109 Å². The number of carbonyl (C=O) groups is 1. The third-order valence-electron chi connectivity index (χ3n) is 2.96. The quantitative estimate of drug-likeness (QED) is 0.674. The lowest BCUT2D eigenvalue weighted by Gasteiger charge is -2.03. The number of nitrogens with zero attached hydrogens (tertiary/aromatic N) is 2. The first kappa shape index (κ1) is 11.2. The van der Waals surface area contributed by atoms with E-state index in [2.05, 4.69) is 4.98 Å². The number of aromatic nitrogens is 2. The number of benzene rings is 1. The van der Waals surface area contributed by atoms with E-state index in [1.165, 1.54) is 11.3 Å². The highest BCUT2D eigenvalue weighted by molar-refractivity contribution is 7.12. The fourth-order valence-electron chi connectivity index (χ4n) is 2.02. The molecule has 1 aromatic carbocycles. The number of rotatable bonds is 3. The molecule has 0 saturated heterocycles. The summed E-state index contributed by atoms with van der Waals surface area (Å²) in [6.07, 6.45) is 1.73. The number of ketones is 1. The highest BCUT2D eigenvalue weighted by atomic mass is 32.1. The normalized spacial score (nSPS) is 10.9. The van der Waals surface area contributed by atoms with Crippen LogP contribution in [0.2, 0.25) is 0 Å². The van der Waals surface area contributed by atoms with Crippen LogP contribution in [0.1, 0.15) is 15.2 Å². The maximum atomic E-state index is 12.2. The summed E-state index contributed by atoms with van der Waals surface area (Å²) in [5.74, 6) is 0.144. The molecule has 2 aromatic heterocycles. The zero-order valence-electron chi connectivity index (χ0n) is 9.96. The van der Waals surface area contributed by atoms with Gasteiger partial charge in [0.05, 0.1) is 28.8 Å². The predicted molar refractivity (Wildman–Crippen MR) is 73.1 cm³/mol. The van der Waals surface area contributed by atoms with Crippen molar-refractivity contribution in [3.05, 3.63) is 52.5 Å². The molecule has 0 fully saturated rings. The van der Waals surface area contributed by atoms with Crippen LogP contribution in [0.3, 0.4) is 0 Å². The van der Waals surface area contributed by atoms with Gasteiger partial charge < -0.3 is 4.57 Å². The largest absolute Gasteiger partial charge is 0.323 e. The van der Waals surface area contributed by atoms with Gasteiger partial charge in [0.2, 0.25) is 0 Å². The minimum absolute atomic E-state index is 0.144. The molecular formula is C14H12N2OS. The smallest absolute Gasteiger partial charge is 0.192 e. The molecule has 4 heteroatoms. The minimum atomic E-state index is 0.144. The number of imidazole rings is 1. The number of para-hydroxylation sites is 2. The Hall–Kier alpha value is -1.94. The summed E-state index contributed by atoms with van der Waals surface area (Å²) >= 11 is 1.50. The number of hydrogen-bond donors (Lipinski definition) is 0. The number of hydrogen-bond acceptors (Lipinski definition) is 3. The number of Topliss-reactive ketones (excluding diaryl/α,β-unsaturated/α-hetero) is 1. The van der Waals surface area contributed by atoms with Crippen molar-refractivity contribution in [2.24, 2.45) is 0 Å².